The van der Waals surface area contributed by atoms with Crippen molar-refractivity contribution in [3.05, 3.63) is 0 Å². The lowest BCUT2D eigenvalue weighted by atomic mass is 9.76. The Morgan fingerprint density at radius 2 is 1.91 bits per heavy atom. The highest BCUT2D eigenvalue weighted by Crippen LogP contribution is 2.44. The van der Waals surface area contributed by atoms with E-state index in [1.54, 1.807) is 0 Å². The van der Waals surface area contributed by atoms with Crippen molar-refractivity contribution in [3.63, 3.8) is 0 Å². The molecule has 2 saturated heterocycles. The van der Waals surface area contributed by atoms with Crippen LogP contribution < -0.4 is 0 Å². The fourth-order valence-electron chi connectivity index (χ4n) is 4.09. The molecule has 0 unspecified atom stereocenters. The number of aliphatic hydroxyl groups is 1. The van der Waals surface area contributed by atoms with Gasteiger partial charge in [-0.05, 0) is 38.8 Å². The van der Waals surface area contributed by atoms with Gasteiger partial charge in [-0.3, -0.25) is 9.69 Å². The van der Waals surface area contributed by atoms with Crippen LogP contribution in [0.3, 0.4) is 0 Å². The van der Waals surface area contributed by atoms with Gasteiger partial charge in [0.2, 0.25) is 5.91 Å². The van der Waals surface area contributed by atoms with E-state index >= 15 is 0 Å². The van der Waals surface area contributed by atoms with Crippen molar-refractivity contribution in [1.29, 1.82) is 0 Å². The average Bonchev–Trinajstić information content (AvgIpc) is 3.32. The topological polar surface area (TPSA) is 47.0 Å². The van der Waals surface area contributed by atoms with E-state index in [0.717, 1.165) is 64.4 Å². The number of carbonyl (C=O) groups is 1. The maximum Gasteiger partial charge on any atom is 0.236 e. The minimum absolute atomic E-state index is 0.0574. The second-order valence-electron chi connectivity index (χ2n) is 7.80. The second kappa shape index (κ2) is 6.85. The van der Waals surface area contributed by atoms with E-state index in [1.165, 1.54) is 12.8 Å². The molecule has 3 rings (SSSR count). The summed E-state index contributed by atoms with van der Waals surface area (Å²) in [6.07, 6.45) is 6.06. The molecule has 0 aromatic heterocycles. The summed E-state index contributed by atoms with van der Waals surface area (Å²) in [6, 6.07) is 0. The minimum Gasteiger partial charge on any atom is -0.396 e. The number of carbonyl (C=O) groups excluding carboxylic acids is 1. The molecule has 1 N–H and O–H groups in total. The van der Waals surface area contributed by atoms with E-state index in [9.17, 15) is 9.90 Å². The van der Waals surface area contributed by atoms with Crippen LogP contribution in [-0.4, -0.2) is 85.2 Å². The van der Waals surface area contributed by atoms with Gasteiger partial charge in [0.25, 0.3) is 0 Å². The van der Waals surface area contributed by atoms with Gasteiger partial charge in [0.05, 0.1) is 6.54 Å². The standard InChI is InChI=1S/C17H31N3O2/c1-18-7-9-20(10-8-18)16(22)12-19-6-2-5-17(13-19,14-21)11-15-3-4-15/h15,21H,2-14H2,1H3/t17-/m1/s1. The highest BCUT2D eigenvalue weighted by Gasteiger charge is 2.40. The molecular formula is C17H31N3O2. The molecule has 0 bridgehead atoms. The van der Waals surface area contributed by atoms with E-state index in [0.29, 0.717) is 6.54 Å². The van der Waals surface area contributed by atoms with Crippen molar-refractivity contribution >= 4 is 5.91 Å². The summed E-state index contributed by atoms with van der Waals surface area (Å²) in [7, 11) is 2.11. The Morgan fingerprint density at radius 3 is 2.55 bits per heavy atom. The number of nitrogens with zero attached hydrogens (tertiary/aromatic N) is 3. The molecule has 5 heteroatoms. The molecule has 0 aromatic rings. The highest BCUT2D eigenvalue weighted by molar-refractivity contribution is 5.78. The highest BCUT2D eigenvalue weighted by atomic mass is 16.3. The molecule has 0 aromatic carbocycles. The molecule has 126 valence electrons. The molecule has 3 aliphatic rings. The number of piperazine rings is 1. The molecule has 0 radical (unpaired) electrons. The van der Waals surface area contributed by atoms with E-state index in [1.807, 2.05) is 4.90 Å². The Bertz CT molecular complexity index is 391. The maximum atomic E-state index is 12.5. The lowest BCUT2D eigenvalue weighted by molar-refractivity contribution is -0.135. The third-order valence-electron chi connectivity index (χ3n) is 5.71. The van der Waals surface area contributed by atoms with Crippen molar-refractivity contribution in [2.75, 3.05) is 59.5 Å². The summed E-state index contributed by atoms with van der Waals surface area (Å²) < 4.78 is 0. The van der Waals surface area contributed by atoms with Crippen LogP contribution in [0.2, 0.25) is 0 Å². The van der Waals surface area contributed by atoms with Crippen molar-refractivity contribution in [2.45, 2.75) is 32.1 Å². The first-order valence-electron chi connectivity index (χ1n) is 8.90. The molecule has 0 spiro atoms. The summed E-state index contributed by atoms with van der Waals surface area (Å²) in [5, 5.41) is 9.92. The van der Waals surface area contributed by atoms with E-state index in [2.05, 4.69) is 16.8 Å². The van der Waals surface area contributed by atoms with Crippen LogP contribution in [0.15, 0.2) is 0 Å². The predicted octanol–water partition coefficient (Wildman–Crippen LogP) is 0.635. The van der Waals surface area contributed by atoms with Crippen LogP contribution >= 0.6 is 0 Å². The zero-order valence-corrected chi connectivity index (χ0v) is 14.0. The van der Waals surface area contributed by atoms with Gasteiger partial charge in [-0.2, -0.15) is 0 Å². The minimum atomic E-state index is 0.0574. The van der Waals surface area contributed by atoms with Crippen LogP contribution in [0.25, 0.3) is 0 Å². The zero-order chi connectivity index (χ0) is 15.6. The summed E-state index contributed by atoms with van der Waals surface area (Å²) in [5.41, 5.74) is 0.0574. The molecular weight excluding hydrogens is 278 g/mol. The number of piperidine rings is 1. The first-order chi connectivity index (χ1) is 10.6. The van der Waals surface area contributed by atoms with Gasteiger partial charge < -0.3 is 14.9 Å². The van der Waals surface area contributed by atoms with E-state index in [-0.39, 0.29) is 17.9 Å². The van der Waals surface area contributed by atoms with Crippen molar-refractivity contribution in [2.24, 2.45) is 11.3 Å². The summed E-state index contributed by atoms with van der Waals surface area (Å²) >= 11 is 0. The maximum absolute atomic E-state index is 12.5. The van der Waals surface area contributed by atoms with Gasteiger partial charge in [-0.1, -0.05) is 12.8 Å². The number of hydrogen-bond donors (Lipinski definition) is 1. The quantitative estimate of drug-likeness (QED) is 0.809. The van der Waals surface area contributed by atoms with E-state index < -0.39 is 0 Å². The first kappa shape index (κ1) is 16.2. The molecule has 3 fully saturated rings. The molecule has 1 amide bonds. The molecule has 2 aliphatic heterocycles. The van der Waals surface area contributed by atoms with Gasteiger partial charge in [0.15, 0.2) is 0 Å². The van der Waals surface area contributed by atoms with Gasteiger partial charge in [0.1, 0.15) is 0 Å². The van der Waals surface area contributed by atoms with Crippen LogP contribution in [0.1, 0.15) is 32.1 Å². The Labute approximate surface area is 134 Å². The number of aliphatic hydroxyl groups excluding tert-OH is 1. The molecule has 5 nitrogen and oxygen atoms in total. The van der Waals surface area contributed by atoms with Crippen LogP contribution in [0.4, 0.5) is 0 Å². The molecule has 1 atom stereocenters. The Hall–Kier alpha value is -0.650. The SMILES string of the molecule is CN1CCN(C(=O)CN2CCC[C@@](CO)(CC3CC3)C2)CC1. The lowest BCUT2D eigenvalue weighted by Crippen LogP contribution is -2.53. The largest absolute Gasteiger partial charge is 0.396 e. The Balaban J connectivity index is 1.51. The predicted molar refractivity (Wildman–Crippen MR) is 86.6 cm³/mol. The third-order valence-corrected chi connectivity index (χ3v) is 5.71. The van der Waals surface area contributed by atoms with Crippen molar-refractivity contribution in [1.82, 2.24) is 14.7 Å². The first-order valence-corrected chi connectivity index (χ1v) is 8.90. The molecule has 22 heavy (non-hydrogen) atoms. The number of likely N-dealkylation sites (N-methyl/N-ethyl adjacent to an activating group) is 1. The molecule has 1 aliphatic carbocycles. The van der Waals surface area contributed by atoms with Crippen LogP contribution in [0, 0.1) is 11.3 Å². The van der Waals surface area contributed by atoms with Gasteiger partial charge in [-0.15, -0.1) is 0 Å². The summed E-state index contributed by atoms with van der Waals surface area (Å²) in [4.78, 5) is 19.1. The Kier molecular flexibility index (Phi) is 5.05. The summed E-state index contributed by atoms with van der Waals surface area (Å²) in [6.45, 7) is 6.40. The van der Waals surface area contributed by atoms with Gasteiger partial charge >= 0.3 is 0 Å². The molecule has 2 heterocycles. The van der Waals surface area contributed by atoms with Crippen molar-refractivity contribution in [3.8, 4) is 0 Å². The number of hydrogen-bond acceptors (Lipinski definition) is 4. The second-order valence-corrected chi connectivity index (χ2v) is 7.80. The summed E-state index contributed by atoms with van der Waals surface area (Å²) in [5.74, 6) is 1.11. The lowest BCUT2D eigenvalue weighted by Gasteiger charge is -2.42. The van der Waals surface area contributed by atoms with Crippen molar-refractivity contribution < 1.29 is 9.90 Å². The van der Waals surface area contributed by atoms with Crippen LogP contribution in [-0.2, 0) is 4.79 Å². The number of rotatable bonds is 5. The fourth-order valence-corrected chi connectivity index (χ4v) is 4.09. The molecule has 1 saturated carbocycles. The average molecular weight is 309 g/mol. The third kappa shape index (κ3) is 4.00. The Morgan fingerprint density at radius 1 is 1.18 bits per heavy atom. The monoisotopic (exact) mass is 309 g/mol. The fraction of sp³-hybridized carbons (Fsp3) is 0.941. The van der Waals surface area contributed by atoms with Crippen LogP contribution in [0.5, 0.6) is 0 Å². The number of likely N-dealkylation sites (tertiary alicyclic amines) is 1. The normalized spacial score (nSPS) is 31.5. The van der Waals surface area contributed by atoms with Gasteiger partial charge in [0, 0.05) is 44.7 Å². The number of amides is 1. The zero-order valence-electron chi connectivity index (χ0n) is 14.0. The van der Waals surface area contributed by atoms with Gasteiger partial charge in [-0.25, -0.2) is 0 Å². The smallest absolute Gasteiger partial charge is 0.236 e. The van der Waals surface area contributed by atoms with E-state index in [4.69, 9.17) is 0 Å².